The smallest absolute Gasteiger partial charge is 0.262 e. The molecule has 2 aromatic carbocycles. The van der Waals surface area contributed by atoms with Crippen LogP contribution in [0, 0.1) is 13.8 Å². The molecule has 6 heteroatoms. The molecule has 0 saturated heterocycles. The van der Waals surface area contributed by atoms with E-state index in [1.54, 1.807) is 11.3 Å². The van der Waals surface area contributed by atoms with E-state index in [4.69, 9.17) is 9.73 Å². The Labute approximate surface area is 167 Å². The third-order valence-electron chi connectivity index (χ3n) is 4.45. The lowest BCUT2D eigenvalue weighted by Crippen LogP contribution is -2.25. The maximum atomic E-state index is 11.6. The summed E-state index contributed by atoms with van der Waals surface area (Å²) in [6.45, 7) is 8.74. The number of aromatic nitrogens is 1. The molecule has 5 nitrogen and oxygen atoms in total. The van der Waals surface area contributed by atoms with Crippen molar-refractivity contribution in [2.24, 2.45) is 4.99 Å². The van der Waals surface area contributed by atoms with E-state index in [9.17, 15) is 4.79 Å². The number of nitrogens with one attached hydrogen (secondary N) is 1. The molecule has 1 amide bonds. The summed E-state index contributed by atoms with van der Waals surface area (Å²) >= 11 is 1.59. The Morgan fingerprint density at radius 1 is 1.25 bits per heavy atom. The van der Waals surface area contributed by atoms with E-state index in [1.807, 2.05) is 24.3 Å². The van der Waals surface area contributed by atoms with Crippen molar-refractivity contribution in [1.29, 1.82) is 0 Å². The van der Waals surface area contributed by atoms with Crippen molar-refractivity contribution in [3.8, 4) is 17.0 Å². The number of nitrogens with zero attached hydrogens (tertiary/aromatic N) is 2. The molecule has 4 rings (SSSR count). The number of carbonyl (C=O) groups is 1. The Morgan fingerprint density at radius 2 is 2.04 bits per heavy atom. The number of hydrogen-bond donors (Lipinski definition) is 1. The molecule has 0 atom stereocenters. The number of allylic oxidation sites excluding steroid dienone is 1. The molecule has 0 aliphatic carbocycles. The van der Waals surface area contributed by atoms with Crippen molar-refractivity contribution in [1.82, 2.24) is 4.57 Å². The van der Waals surface area contributed by atoms with Gasteiger partial charge >= 0.3 is 0 Å². The highest BCUT2D eigenvalue weighted by Crippen LogP contribution is 2.33. The third-order valence-corrected chi connectivity index (χ3v) is 5.31. The number of benzene rings is 2. The van der Waals surface area contributed by atoms with Crippen molar-refractivity contribution in [3.63, 3.8) is 0 Å². The van der Waals surface area contributed by atoms with Gasteiger partial charge in [0.2, 0.25) is 0 Å². The zero-order valence-corrected chi connectivity index (χ0v) is 16.7. The first kappa shape index (κ1) is 18.3. The molecule has 142 valence electrons. The molecule has 3 aromatic rings. The number of amides is 1. The standard InChI is InChI=1S/C22H21N3O2S/c1-4-7-25-19(16-5-6-20-18(11-16)24-21(26)12-27-20)13-28-22(25)23-17-9-14(2)8-15(3)10-17/h4-6,8-11,13H,1,7,12H2,2-3H3,(H,24,26). The molecular weight excluding hydrogens is 370 g/mol. The SMILES string of the molecule is C=CCn1c(-c2ccc3c(c2)NC(=O)CO3)csc1=Nc1cc(C)cc(C)c1. The molecule has 0 fully saturated rings. The lowest BCUT2D eigenvalue weighted by Gasteiger charge is -2.18. The van der Waals surface area contributed by atoms with Gasteiger partial charge in [-0.05, 0) is 55.3 Å². The largest absolute Gasteiger partial charge is 0.482 e. The quantitative estimate of drug-likeness (QED) is 0.662. The van der Waals surface area contributed by atoms with E-state index < -0.39 is 0 Å². The van der Waals surface area contributed by atoms with Gasteiger partial charge < -0.3 is 14.6 Å². The molecular formula is C22H21N3O2S. The minimum absolute atomic E-state index is 0.0558. The topological polar surface area (TPSA) is 55.6 Å². The number of aryl methyl sites for hydroxylation is 2. The highest BCUT2D eigenvalue weighted by atomic mass is 32.1. The summed E-state index contributed by atoms with van der Waals surface area (Å²) in [4.78, 5) is 17.4. The monoisotopic (exact) mass is 391 g/mol. The lowest BCUT2D eigenvalue weighted by atomic mass is 10.1. The van der Waals surface area contributed by atoms with Gasteiger partial charge in [0, 0.05) is 17.5 Å². The zero-order valence-electron chi connectivity index (χ0n) is 15.9. The van der Waals surface area contributed by atoms with E-state index in [0.29, 0.717) is 18.0 Å². The van der Waals surface area contributed by atoms with Crippen molar-refractivity contribution >= 4 is 28.6 Å². The van der Waals surface area contributed by atoms with Crippen LogP contribution in [0.3, 0.4) is 0 Å². The van der Waals surface area contributed by atoms with Gasteiger partial charge in [-0.25, -0.2) is 4.99 Å². The molecule has 1 aliphatic heterocycles. The summed E-state index contributed by atoms with van der Waals surface area (Å²) in [7, 11) is 0. The molecule has 0 unspecified atom stereocenters. The van der Waals surface area contributed by atoms with Gasteiger partial charge in [-0.2, -0.15) is 0 Å². The molecule has 1 aliphatic rings. The van der Waals surface area contributed by atoms with E-state index in [1.165, 1.54) is 11.1 Å². The summed E-state index contributed by atoms with van der Waals surface area (Å²) < 4.78 is 7.59. The second-order valence-corrected chi connectivity index (χ2v) is 7.64. The van der Waals surface area contributed by atoms with Crippen LogP contribution in [0.2, 0.25) is 0 Å². The highest BCUT2D eigenvalue weighted by Gasteiger charge is 2.17. The fourth-order valence-corrected chi connectivity index (χ4v) is 4.26. The number of fused-ring (bicyclic) bond motifs is 1. The van der Waals surface area contributed by atoms with Gasteiger partial charge in [-0.1, -0.05) is 12.1 Å². The first-order valence-corrected chi connectivity index (χ1v) is 9.91. The van der Waals surface area contributed by atoms with E-state index in [-0.39, 0.29) is 12.5 Å². The minimum Gasteiger partial charge on any atom is -0.482 e. The van der Waals surface area contributed by atoms with Crippen LogP contribution in [-0.2, 0) is 11.3 Å². The first-order chi connectivity index (χ1) is 13.5. The first-order valence-electron chi connectivity index (χ1n) is 9.03. The van der Waals surface area contributed by atoms with Crippen LogP contribution in [-0.4, -0.2) is 17.1 Å². The van der Waals surface area contributed by atoms with Crippen LogP contribution in [0.25, 0.3) is 11.3 Å². The van der Waals surface area contributed by atoms with Gasteiger partial charge in [0.05, 0.1) is 17.1 Å². The van der Waals surface area contributed by atoms with Gasteiger partial charge in [-0.3, -0.25) is 4.79 Å². The summed E-state index contributed by atoms with van der Waals surface area (Å²) in [6.07, 6.45) is 1.86. The second-order valence-electron chi connectivity index (χ2n) is 6.81. The lowest BCUT2D eigenvalue weighted by molar-refractivity contribution is -0.118. The van der Waals surface area contributed by atoms with Crippen LogP contribution in [0.1, 0.15) is 11.1 Å². The second kappa shape index (κ2) is 7.48. The maximum Gasteiger partial charge on any atom is 0.262 e. The maximum absolute atomic E-state index is 11.6. The normalized spacial score (nSPS) is 13.6. The van der Waals surface area contributed by atoms with Crippen molar-refractivity contribution in [2.45, 2.75) is 20.4 Å². The van der Waals surface area contributed by atoms with Crippen LogP contribution >= 0.6 is 11.3 Å². The van der Waals surface area contributed by atoms with Crippen LogP contribution in [0.4, 0.5) is 11.4 Å². The fourth-order valence-electron chi connectivity index (χ4n) is 3.32. The van der Waals surface area contributed by atoms with E-state index in [0.717, 1.165) is 21.7 Å². The number of carbonyl (C=O) groups excluding carboxylic acids is 1. The molecule has 0 spiro atoms. The summed E-state index contributed by atoms with van der Waals surface area (Å²) in [5.74, 6) is 0.549. The summed E-state index contributed by atoms with van der Waals surface area (Å²) in [6, 6.07) is 12.1. The number of rotatable bonds is 4. The Morgan fingerprint density at radius 3 is 2.79 bits per heavy atom. The zero-order chi connectivity index (χ0) is 19.7. The fraction of sp³-hybridized carbons (Fsp3) is 0.182. The molecule has 0 saturated carbocycles. The number of thiazole rings is 1. The summed E-state index contributed by atoms with van der Waals surface area (Å²) in [5.41, 5.74) is 6.03. The van der Waals surface area contributed by atoms with E-state index in [2.05, 4.69) is 53.9 Å². The molecule has 0 bridgehead atoms. The molecule has 1 N–H and O–H groups in total. The number of anilines is 1. The van der Waals surface area contributed by atoms with Crippen molar-refractivity contribution in [2.75, 3.05) is 11.9 Å². The average Bonchev–Trinajstić information content (AvgIpc) is 3.03. The molecule has 2 heterocycles. The Bertz CT molecular complexity index is 1120. The molecule has 28 heavy (non-hydrogen) atoms. The van der Waals surface area contributed by atoms with E-state index >= 15 is 0 Å². The average molecular weight is 391 g/mol. The molecule has 1 aromatic heterocycles. The van der Waals surface area contributed by atoms with Gasteiger partial charge in [0.1, 0.15) is 5.75 Å². The Balaban J connectivity index is 1.81. The van der Waals surface area contributed by atoms with Crippen LogP contribution < -0.4 is 14.9 Å². The number of hydrogen-bond acceptors (Lipinski definition) is 4. The van der Waals surface area contributed by atoms with Gasteiger partial charge in [-0.15, -0.1) is 17.9 Å². The Hall–Kier alpha value is -3.12. The van der Waals surface area contributed by atoms with Crippen LogP contribution in [0.5, 0.6) is 5.75 Å². The molecule has 0 radical (unpaired) electrons. The van der Waals surface area contributed by atoms with Gasteiger partial charge in [0.25, 0.3) is 5.91 Å². The Kier molecular flexibility index (Phi) is 4.88. The predicted molar refractivity (Wildman–Crippen MR) is 113 cm³/mol. The highest BCUT2D eigenvalue weighted by molar-refractivity contribution is 7.07. The summed E-state index contributed by atoms with van der Waals surface area (Å²) in [5, 5.41) is 4.95. The predicted octanol–water partition coefficient (Wildman–Crippen LogP) is 4.58. The van der Waals surface area contributed by atoms with Gasteiger partial charge in [0.15, 0.2) is 11.4 Å². The number of ether oxygens (including phenoxy) is 1. The van der Waals surface area contributed by atoms with Crippen molar-refractivity contribution < 1.29 is 9.53 Å². The third kappa shape index (κ3) is 3.64. The van der Waals surface area contributed by atoms with Crippen LogP contribution in [0.15, 0.2) is 59.4 Å². The minimum atomic E-state index is -0.139. The van der Waals surface area contributed by atoms with Crippen molar-refractivity contribution in [3.05, 3.63) is 70.4 Å².